The predicted molar refractivity (Wildman–Crippen MR) is 283 cm³/mol. The number of nitrogens with one attached hydrogen (secondary N) is 1. The van der Waals surface area contributed by atoms with E-state index in [0.29, 0.717) is 19.4 Å². The van der Waals surface area contributed by atoms with Crippen LogP contribution in [-0.4, -0.2) is 47.4 Å². The van der Waals surface area contributed by atoms with E-state index >= 15 is 0 Å². The van der Waals surface area contributed by atoms with Crippen LogP contribution >= 0.6 is 0 Å². The lowest BCUT2D eigenvalue weighted by Gasteiger charge is -2.20. The van der Waals surface area contributed by atoms with Gasteiger partial charge in [-0.15, -0.1) is 0 Å². The van der Waals surface area contributed by atoms with Crippen molar-refractivity contribution in [2.24, 2.45) is 0 Å². The van der Waals surface area contributed by atoms with Gasteiger partial charge in [0.1, 0.15) is 0 Å². The maximum absolute atomic E-state index is 12.4. The summed E-state index contributed by atoms with van der Waals surface area (Å²) in [4.78, 5) is 24.5. The molecule has 0 aliphatic carbocycles. The third-order valence-corrected chi connectivity index (χ3v) is 13.5. The van der Waals surface area contributed by atoms with Gasteiger partial charge in [-0.1, -0.05) is 269 Å². The van der Waals surface area contributed by atoms with Gasteiger partial charge in [0, 0.05) is 12.8 Å². The van der Waals surface area contributed by atoms with E-state index in [0.717, 1.165) is 44.9 Å². The van der Waals surface area contributed by atoms with Crippen LogP contribution in [0.1, 0.15) is 316 Å². The quantitative estimate of drug-likeness (QED) is 0.0321. The van der Waals surface area contributed by atoms with E-state index in [2.05, 4.69) is 31.3 Å². The fraction of sp³-hybridized carbons (Fsp3) is 0.898. The fourth-order valence-electron chi connectivity index (χ4n) is 8.98. The summed E-state index contributed by atoms with van der Waals surface area (Å²) in [5.41, 5.74) is 0. The molecule has 65 heavy (non-hydrogen) atoms. The van der Waals surface area contributed by atoms with Gasteiger partial charge in [-0.2, -0.15) is 0 Å². The lowest BCUT2D eigenvalue weighted by atomic mass is 10.0. The Morgan fingerprint density at radius 2 is 0.723 bits per heavy atom. The summed E-state index contributed by atoms with van der Waals surface area (Å²) in [5.74, 6) is -0.0696. The molecule has 0 aromatic rings. The second-order valence-electron chi connectivity index (χ2n) is 20.0. The second-order valence-corrected chi connectivity index (χ2v) is 20.0. The molecule has 0 aromatic heterocycles. The van der Waals surface area contributed by atoms with Crippen molar-refractivity contribution in [3.8, 4) is 0 Å². The van der Waals surface area contributed by atoms with E-state index in [1.165, 1.54) is 244 Å². The number of aliphatic hydroxyl groups is 2. The summed E-state index contributed by atoms with van der Waals surface area (Å²) < 4.78 is 5.48. The van der Waals surface area contributed by atoms with E-state index in [1.54, 1.807) is 6.08 Å². The van der Waals surface area contributed by atoms with Gasteiger partial charge in [0.2, 0.25) is 5.91 Å². The molecule has 0 aliphatic heterocycles. The van der Waals surface area contributed by atoms with Crippen LogP contribution in [0.25, 0.3) is 0 Å². The van der Waals surface area contributed by atoms with Crippen molar-refractivity contribution >= 4 is 11.9 Å². The predicted octanol–water partition coefficient (Wildman–Crippen LogP) is 17.9. The van der Waals surface area contributed by atoms with Gasteiger partial charge in [-0.05, 0) is 57.8 Å². The first-order valence-electron chi connectivity index (χ1n) is 29.1. The highest BCUT2D eigenvalue weighted by Crippen LogP contribution is 2.17. The molecule has 2 unspecified atom stereocenters. The molecule has 384 valence electrons. The summed E-state index contributed by atoms with van der Waals surface area (Å²) in [6.45, 7) is 4.90. The highest BCUT2D eigenvalue weighted by molar-refractivity contribution is 5.76. The largest absolute Gasteiger partial charge is 0.466 e. The van der Waals surface area contributed by atoms with Crippen LogP contribution in [0.2, 0.25) is 0 Å². The van der Waals surface area contributed by atoms with Crippen LogP contribution in [0.15, 0.2) is 24.3 Å². The minimum atomic E-state index is -0.845. The summed E-state index contributed by atoms with van der Waals surface area (Å²) in [6.07, 6.45) is 66.3. The molecule has 0 saturated carbocycles. The molecule has 0 fully saturated rings. The maximum Gasteiger partial charge on any atom is 0.305 e. The Labute approximate surface area is 405 Å². The van der Waals surface area contributed by atoms with Gasteiger partial charge in [0.05, 0.1) is 25.4 Å². The number of esters is 1. The number of hydrogen-bond acceptors (Lipinski definition) is 5. The highest BCUT2D eigenvalue weighted by Gasteiger charge is 2.18. The van der Waals surface area contributed by atoms with Gasteiger partial charge in [-0.3, -0.25) is 9.59 Å². The average molecular weight is 917 g/mol. The highest BCUT2D eigenvalue weighted by atomic mass is 16.5. The smallest absolute Gasteiger partial charge is 0.305 e. The number of ether oxygens (including phenoxy) is 1. The van der Waals surface area contributed by atoms with Crippen molar-refractivity contribution in [2.75, 3.05) is 13.2 Å². The molecule has 0 bridgehead atoms. The standard InChI is InChI=1S/C59H113NO5/c1-3-5-7-9-11-13-15-17-18-25-29-33-37-41-45-49-53-59(64)65-54-50-46-42-38-34-30-26-23-21-19-20-22-24-28-32-36-40-44-48-52-58(63)60-56(55-61)57(62)51-47-43-39-35-31-27-16-14-12-10-8-6-4-2/h18,25,47,51,56-57,61-62H,3-17,19-24,26-46,48-50,52-55H2,1-2H3,(H,60,63)/b25-18-,51-47+. The van der Waals surface area contributed by atoms with E-state index in [9.17, 15) is 19.8 Å². The van der Waals surface area contributed by atoms with Gasteiger partial charge >= 0.3 is 5.97 Å². The normalized spacial score (nSPS) is 12.7. The van der Waals surface area contributed by atoms with E-state index in [-0.39, 0.29) is 18.5 Å². The fourth-order valence-corrected chi connectivity index (χ4v) is 8.98. The van der Waals surface area contributed by atoms with Gasteiger partial charge in [0.25, 0.3) is 0 Å². The number of rotatable bonds is 54. The lowest BCUT2D eigenvalue weighted by Crippen LogP contribution is -2.45. The Bertz CT molecular complexity index is 1010. The Kier molecular flexibility index (Phi) is 53.5. The Morgan fingerprint density at radius 1 is 0.415 bits per heavy atom. The number of carbonyl (C=O) groups is 2. The Hall–Kier alpha value is -1.66. The zero-order chi connectivity index (χ0) is 47.2. The van der Waals surface area contributed by atoms with E-state index in [4.69, 9.17) is 4.74 Å². The van der Waals surface area contributed by atoms with Crippen molar-refractivity contribution in [1.82, 2.24) is 5.32 Å². The first kappa shape index (κ1) is 63.3. The van der Waals surface area contributed by atoms with Crippen molar-refractivity contribution in [3.05, 3.63) is 24.3 Å². The molecule has 0 aromatic carbocycles. The van der Waals surface area contributed by atoms with Gasteiger partial charge in [0.15, 0.2) is 0 Å². The molecule has 0 aliphatic rings. The first-order chi connectivity index (χ1) is 32.0. The van der Waals surface area contributed by atoms with Crippen LogP contribution < -0.4 is 5.32 Å². The number of carbonyl (C=O) groups excluding carboxylic acids is 2. The summed E-state index contributed by atoms with van der Waals surface area (Å²) in [5, 5.41) is 23.1. The molecule has 6 heteroatoms. The van der Waals surface area contributed by atoms with Crippen LogP contribution in [0.5, 0.6) is 0 Å². The SMILES string of the molecule is CCCCCCCCC/C=C\CCCCCCCC(=O)OCCCCCCCCCCCCCCCCCCCCCC(=O)NC(CO)C(O)/C=C/CCCCCCCCCCCCC. The number of unbranched alkanes of at least 4 members (excludes halogenated alkanes) is 41. The minimum absolute atomic E-state index is 0.000998. The van der Waals surface area contributed by atoms with Gasteiger partial charge < -0.3 is 20.3 Å². The third-order valence-electron chi connectivity index (χ3n) is 13.5. The zero-order valence-electron chi connectivity index (χ0n) is 43.7. The Morgan fingerprint density at radius 3 is 1.09 bits per heavy atom. The molecular formula is C59H113NO5. The topological polar surface area (TPSA) is 95.9 Å². The molecule has 3 N–H and O–H groups in total. The lowest BCUT2D eigenvalue weighted by molar-refractivity contribution is -0.143. The summed E-state index contributed by atoms with van der Waals surface area (Å²) in [7, 11) is 0. The van der Waals surface area contributed by atoms with Crippen LogP contribution in [0, 0.1) is 0 Å². The monoisotopic (exact) mass is 916 g/mol. The molecule has 0 rings (SSSR count). The van der Waals surface area contributed by atoms with Crippen LogP contribution in [-0.2, 0) is 14.3 Å². The maximum atomic E-state index is 12.4. The van der Waals surface area contributed by atoms with Crippen LogP contribution in [0.4, 0.5) is 0 Å². The summed E-state index contributed by atoms with van der Waals surface area (Å²) in [6, 6.07) is -0.629. The number of allylic oxidation sites excluding steroid dienone is 3. The molecule has 1 amide bonds. The van der Waals surface area contributed by atoms with Gasteiger partial charge in [-0.25, -0.2) is 0 Å². The van der Waals surface area contributed by atoms with Crippen molar-refractivity contribution in [3.63, 3.8) is 0 Å². The molecular weight excluding hydrogens is 803 g/mol. The number of hydrogen-bond donors (Lipinski definition) is 3. The zero-order valence-corrected chi connectivity index (χ0v) is 43.7. The van der Waals surface area contributed by atoms with E-state index < -0.39 is 12.1 Å². The third kappa shape index (κ3) is 51.6. The average Bonchev–Trinajstić information content (AvgIpc) is 3.31. The van der Waals surface area contributed by atoms with Crippen molar-refractivity contribution in [2.45, 2.75) is 328 Å². The molecule has 6 nitrogen and oxygen atoms in total. The number of aliphatic hydroxyl groups excluding tert-OH is 2. The summed E-state index contributed by atoms with van der Waals surface area (Å²) >= 11 is 0. The molecule has 0 saturated heterocycles. The molecule has 0 radical (unpaired) electrons. The molecule has 0 spiro atoms. The van der Waals surface area contributed by atoms with E-state index in [1.807, 2.05) is 6.08 Å². The van der Waals surface area contributed by atoms with Crippen molar-refractivity contribution in [1.29, 1.82) is 0 Å². The number of amides is 1. The Balaban J connectivity index is 3.41. The van der Waals surface area contributed by atoms with Crippen molar-refractivity contribution < 1.29 is 24.5 Å². The van der Waals surface area contributed by atoms with Crippen LogP contribution in [0.3, 0.4) is 0 Å². The second kappa shape index (κ2) is 54.9. The molecule has 0 heterocycles. The molecule has 2 atom stereocenters. The first-order valence-corrected chi connectivity index (χ1v) is 29.1. The minimum Gasteiger partial charge on any atom is -0.466 e.